The maximum Gasteiger partial charge on any atom is 0.326 e. The fourth-order valence-corrected chi connectivity index (χ4v) is 2.41. The van der Waals surface area contributed by atoms with Crippen LogP contribution in [0.3, 0.4) is 0 Å². The number of imidazole rings is 1. The average Bonchev–Trinajstić information content (AvgIpc) is 3.04. The Hall–Kier alpha value is -2.22. The van der Waals surface area contributed by atoms with Crippen LogP contribution < -0.4 is 4.90 Å². The minimum Gasteiger partial charge on any atom is -0.480 e. The summed E-state index contributed by atoms with van der Waals surface area (Å²) < 4.78 is 5.26. The van der Waals surface area contributed by atoms with Crippen molar-refractivity contribution in [2.45, 2.75) is 18.6 Å². The van der Waals surface area contributed by atoms with Crippen LogP contribution in [0.2, 0.25) is 0 Å². The van der Waals surface area contributed by atoms with Gasteiger partial charge in [0.15, 0.2) is 11.5 Å². The van der Waals surface area contributed by atoms with Crippen LogP contribution in [-0.4, -0.2) is 56.8 Å². The Bertz CT molecular complexity index is 613. The molecule has 0 bridgehead atoms. The molecule has 3 rings (SSSR count). The normalized spacial score (nSPS) is 23.1. The molecule has 0 amide bonds. The number of nitrogens with one attached hydrogen (secondary N) is 1. The van der Waals surface area contributed by atoms with Gasteiger partial charge in [0.2, 0.25) is 0 Å². The van der Waals surface area contributed by atoms with Crippen molar-refractivity contribution >= 4 is 23.0 Å². The lowest BCUT2D eigenvalue weighted by molar-refractivity contribution is -0.138. The van der Waals surface area contributed by atoms with Crippen LogP contribution in [0.4, 0.5) is 5.82 Å². The summed E-state index contributed by atoms with van der Waals surface area (Å²) in [6.07, 6.45) is 3.22. The van der Waals surface area contributed by atoms with Crippen LogP contribution in [0.5, 0.6) is 0 Å². The summed E-state index contributed by atoms with van der Waals surface area (Å²) >= 11 is 0. The SMILES string of the molecule is COC1CC(C(=O)O)N(c2ncnc3nc[nH]c23)C1. The van der Waals surface area contributed by atoms with E-state index in [4.69, 9.17) is 4.74 Å². The molecule has 1 aliphatic rings. The van der Waals surface area contributed by atoms with Crippen LogP contribution in [-0.2, 0) is 9.53 Å². The molecule has 19 heavy (non-hydrogen) atoms. The molecule has 8 nitrogen and oxygen atoms in total. The Morgan fingerprint density at radius 1 is 1.53 bits per heavy atom. The second-order valence-electron chi connectivity index (χ2n) is 4.40. The van der Waals surface area contributed by atoms with E-state index in [0.717, 1.165) is 0 Å². The van der Waals surface area contributed by atoms with Gasteiger partial charge in [-0.15, -0.1) is 0 Å². The summed E-state index contributed by atoms with van der Waals surface area (Å²) in [4.78, 5) is 28.3. The fraction of sp³-hybridized carbons (Fsp3) is 0.455. The number of fused-ring (bicyclic) bond motifs is 1. The van der Waals surface area contributed by atoms with Gasteiger partial charge < -0.3 is 19.7 Å². The number of methoxy groups -OCH3 is 1. The third-order valence-corrected chi connectivity index (χ3v) is 3.36. The number of hydrogen-bond donors (Lipinski definition) is 2. The highest BCUT2D eigenvalue weighted by Gasteiger charge is 2.38. The molecule has 0 aliphatic carbocycles. The molecule has 1 aliphatic heterocycles. The molecule has 2 aromatic rings. The standard InChI is InChI=1S/C11H13N5O3/c1-19-6-2-7(11(17)18)16(3-6)10-8-9(13-4-12-8)14-5-15-10/h4-7H,2-3H2,1H3,(H,17,18)(H,12,13,14,15). The highest BCUT2D eigenvalue weighted by atomic mass is 16.5. The number of aliphatic carboxylic acids is 1. The number of carboxylic acids is 1. The van der Waals surface area contributed by atoms with E-state index in [9.17, 15) is 9.90 Å². The van der Waals surface area contributed by atoms with Gasteiger partial charge in [-0.1, -0.05) is 0 Å². The van der Waals surface area contributed by atoms with Gasteiger partial charge in [0, 0.05) is 20.1 Å². The van der Waals surface area contributed by atoms with Crippen molar-refractivity contribution in [1.82, 2.24) is 19.9 Å². The molecule has 0 spiro atoms. The zero-order valence-electron chi connectivity index (χ0n) is 10.3. The van der Waals surface area contributed by atoms with Crippen molar-refractivity contribution < 1.29 is 14.6 Å². The Labute approximate surface area is 108 Å². The molecule has 0 aromatic carbocycles. The molecule has 2 N–H and O–H groups in total. The third-order valence-electron chi connectivity index (χ3n) is 3.36. The summed E-state index contributed by atoms with van der Waals surface area (Å²) in [5, 5.41) is 9.31. The van der Waals surface area contributed by atoms with Gasteiger partial charge in [0.25, 0.3) is 0 Å². The van der Waals surface area contributed by atoms with Gasteiger partial charge in [-0.25, -0.2) is 19.7 Å². The predicted molar refractivity (Wildman–Crippen MR) is 65.9 cm³/mol. The molecule has 100 valence electrons. The second kappa shape index (κ2) is 4.47. The lowest BCUT2D eigenvalue weighted by Crippen LogP contribution is -2.36. The number of carboxylic acid groups (broad SMARTS) is 1. The van der Waals surface area contributed by atoms with Crippen LogP contribution in [0, 0.1) is 0 Å². The Morgan fingerprint density at radius 3 is 3.11 bits per heavy atom. The van der Waals surface area contributed by atoms with Crippen LogP contribution in [0.15, 0.2) is 12.7 Å². The molecule has 3 heterocycles. The Morgan fingerprint density at radius 2 is 2.37 bits per heavy atom. The van der Waals surface area contributed by atoms with Crippen LogP contribution >= 0.6 is 0 Å². The number of aromatic amines is 1. The van der Waals surface area contributed by atoms with E-state index >= 15 is 0 Å². The van der Waals surface area contributed by atoms with Gasteiger partial charge in [0.05, 0.1) is 12.4 Å². The second-order valence-corrected chi connectivity index (χ2v) is 4.40. The van der Waals surface area contributed by atoms with Crippen molar-refractivity contribution in [3.63, 3.8) is 0 Å². The summed E-state index contributed by atoms with van der Waals surface area (Å²) in [7, 11) is 1.58. The van der Waals surface area contributed by atoms with E-state index < -0.39 is 12.0 Å². The third kappa shape index (κ3) is 1.89. The minimum atomic E-state index is -0.883. The first-order chi connectivity index (χ1) is 9.20. The lowest BCUT2D eigenvalue weighted by Gasteiger charge is -2.22. The zero-order chi connectivity index (χ0) is 13.4. The first-order valence-corrected chi connectivity index (χ1v) is 5.87. The summed E-state index contributed by atoms with van der Waals surface area (Å²) in [6.45, 7) is 0.485. The molecule has 1 saturated heterocycles. The number of hydrogen-bond acceptors (Lipinski definition) is 6. The molecule has 8 heteroatoms. The molecular formula is C11H13N5O3. The van der Waals surface area contributed by atoms with Gasteiger partial charge in [-0.3, -0.25) is 0 Å². The Kier molecular flexibility index (Phi) is 2.79. The molecule has 0 saturated carbocycles. The largest absolute Gasteiger partial charge is 0.480 e. The van der Waals surface area contributed by atoms with E-state index in [2.05, 4.69) is 19.9 Å². The van der Waals surface area contributed by atoms with E-state index in [1.165, 1.54) is 12.7 Å². The highest BCUT2D eigenvalue weighted by Crippen LogP contribution is 2.29. The summed E-state index contributed by atoms with van der Waals surface area (Å²) in [6, 6.07) is -0.647. The summed E-state index contributed by atoms with van der Waals surface area (Å²) in [5.41, 5.74) is 1.17. The number of carbonyl (C=O) groups is 1. The molecule has 2 unspecified atom stereocenters. The van der Waals surface area contributed by atoms with E-state index in [1.807, 2.05) is 0 Å². The fourth-order valence-electron chi connectivity index (χ4n) is 2.41. The topological polar surface area (TPSA) is 104 Å². The Balaban J connectivity index is 2.04. The number of rotatable bonds is 3. The van der Waals surface area contributed by atoms with Gasteiger partial charge in [-0.05, 0) is 0 Å². The highest BCUT2D eigenvalue weighted by molar-refractivity contribution is 5.87. The van der Waals surface area contributed by atoms with Crippen LogP contribution in [0.1, 0.15) is 6.42 Å². The first kappa shape index (κ1) is 11.8. The van der Waals surface area contributed by atoms with Crippen LogP contribution in [0.25, 0.3) is 11.2 Å². The van der Waals surface area contributed by atoms with Crippen molar-refractivity contribution in [3.8, 4) is 0 Å². The van der Waals surface area contributed by atoms with Crippen molar-refractivity contribution in [3.05, 3.63) is 12.7 Å². The first-order valence-electron chi connectivity index (χ1n) is 5.87. The van der Waals surface area contributed by atoms with Gasteiger partial charge in [-0.2, -0.15) is 0 Å². The smallest absolute Gasteiger partial charge is 0.326 e. The maximum atomic E-state index is 11.4. The molecule has 1 fully saturated rings. The molecular weight excluding hydrogens is 250 g/mol. The maximum absolute atomic E-state index is 11.4. The molecule has 0 radical (unpaired) electrons. The minimum absolute atomic E-state index is 0.117. The molecule has 2 atom stereocenters. The average molecular weight is 263 g/mol. The lowest BCUT2D eigenvalue weighted by atomic mass is 10.2. The molecule has 2 aromatic heterocycles. The number of H-pyrrole nitrogens is 1. The van der Waals surface area contributed by atoms with Crippen molar-refractivity contribution in [1.29, 1.82) is 0 Å². The number of anilines is 1. The van der Waals surface area contributed by atoms with Gasteiger partial charge in [0.1, 0.15) is 17.9 Å². The number of aromatic nitrogens is 4. The summed E-state index contributed by atoms with van der Waals surface area (Å²) in [5.74, 6) is -0.333. The number of ether oxygens (including phenoxy) is 1. The zero-order valence-corrected chi connectivity index (χ0v) is 10.3. The quantitative estimate of drug-likeness (QED) is 0.805. The predicted octanol–water partition coefficient (Wildman–Crippen LogP) is 0.0312. The van der Waals surface area contributed by atoms with Gasteiger partial charge >= 0.3 is 5.97 Å². The van der Waals surface area contributed by atoms with E-state index in [1.54, 1.807) is 12.0 Å². The van der Waals surface area contributed by atoms with Crippen molar-refractivity contribution in [2.24, 2.45) is 0 Å². The monoisotopic (exact) mass is 263 g/mol. The van der Waals surface area contributed by atoms with E-state index in [-0.39, 0.29) is 6.10 Å². The van der Waals surface area contributed by atoms with Crippen molar-refractivity contribution in [2.75, 3.05) is 18.6 Å². The number of nitrogens with zero attached hydrogens (tertiary/aromatic N) is 4. The van der Waals surface area contributed by atoms with E-state index in [0.29, 0.717) is 29.9 Å².